The molecule has 5 aromatic rings. The topological polar surface area (TPSA) is 107 Å². The van der Waals surface area contributed by atoms with Crippen molar-refractivity contribution in [2.45, 2.75) is 20.0 Å². The molecule has 3 heterocycles. The van der Waals surface area contributed by atoms with Gasteiger partial charge in [0.05, 0.1) is 5.69 Å². The number of aromatic nitrogens is 3. The van der Waals surface area contributed by atoms with Crippen molar-refractivity contribution in [3.05, 3.63) is 104 Å². The van der Waals surface area contributed by atoms with Gasteiger partial charge in [-0.05, 0) is 18.1 Å². The summed E-state index contributed by atoms with van der Waals surface area (Å²) in [5, 5.41) is 3.43. The lowest BCUT2D eigenvalue weighted by Crippen LogP contribution is -2.15. The average Bonchev–Trinajstić information content (AvgIpc) is 3.27. The number of H-pyrrole nitrogens is 1. The van der Waals surface area contributed by atoms with E-state index in [1.807, 2.05) is 55.5 Å². The zero-order valence-corrected chi connectivity index (χ0v) is 17.7. The number of carbonyl (C=O) groups is 1. The van der Waals surface area contributed by atoms with E-state index in [9.17, 15) is 14.4 Å². The van der Waals surface area contributed by atoms with Gasteiger partial charge in [0.25, 0.3) is 5.56 Å². The zero-order chi connectivity index (χ0) is 22.9. The molecule has 8 heteroatoms. The number of esters is 1. The van der Waals surface area contributed by atoms with Gasteiger partial charge in [-0.3, -0.25) is 9.89 Å². The van der Waals surface area contributed by atoms with Crippen molar-refractivity contribution in [1.29, 1.82) is 0 Å². The number of aromatic amines is 1. The molecule has 0 radical (unpaired) electrons. The van der Waals surface area contributed by atoms with E-state index in [0.29, 0.717) is 27.9 Å². The SMILES string of the molecule is CCc1ccc2c(COC(=O)c3cc4nc(-c5ccccc5)cc(=O)n4[nH]3)cc(=O)oc2c1. The normalized spacial score (nSPS) is 11.2. The molecule has 33 heavy (non-hydrogen) atoms. The Labute approximate surface area is 187 Å². The van der Waals surface area contributed by atoms with E-state index in [0.717, 1.165) is 17.5 Å². The molecule has 0 aliphatic rings. The molecule has 0 aliphatic heterocycles. The van der Waals surface area contributed by atoms with E-state index in [2.05, 4.69) is 10.1 Å². The molecule has 0 saturated heterocycles. The van der Waals surface area contributed by atoms with Crippen molar-refractivity contribution in [1.82, 2.24) is 14.6 Å². The molecule has 0 unspecified atom stereocenters. The van der Waals surface area contributed by atoms with Crippen molar-refractivity contribution >= 4 is 22.6 Å². The maximum atomic E-state index is 12.7. The highest BCUT2D eigenvalue weighted by Crippen LogP contribution is 2.21. The maximum absolute atomic E-state index is 12.7. The van der Waals surface area contributed by atoms with Crippen molar-refractivity contribution in [2.75, 3.05) is 0 Å². The first-order valence-electron chi connectivity index (χ1n) is 10.4. The molecule has 8 nitrogen and oxygen atoms in total. The Kier molecular flexibility index (Phi) is 5.10. The number of nitrogens with zero attached hydrogens (tertiary/aromatic N) is 2. The van der Waals surface area contributed by atoms with Crippen LogP contribution in [-0.4, -0.2) is 20.6 Å². The number of fused-ring (bicyclic) bond motifs is 2. The van der Waals surface area contributed by atoms with Crippen LogP contribution >= 0.6 is 0 Å². The van der Waals surface area contributed by atoms with Gasteiger partial charge in [-0.25, -0.2) is 19.1 Å². The van der Waals surface area contributed by atoms with E-state index >= 15 is 0 Å². The molecule has 2 aromatic carbocycles. The second-order valence-electron chi connectivity index (χ2n) is 7.56. The second kappa shape index (κ2) is 8.23. The molecular formula is C25H19N3O5. The van der Waals surface area contributed by atoms with Crippen LogP contribution in [0.25, 0.3) is 27.9 Å². The molecule has 0 saturated carbocycles. The fourth-order valence-electron chi connectivity index (χ4n) is 3.69. The van der Waals surface area contributed by atoms with Crippen LogP contribution in [0, 0.1) is 0 Å². The fourth-order valence-corrected chi connectivity index (χ4v) is 3.69. The van der Waals surface area contributed by atoms with Gasteiger partial charge in [-0.1, -0.05) is 49.4 Å². The molecule has 0 spiro atoms. The van der Waals surface area contributed by atoms with Crippen molar-refractivity contribution in [3.63, 3.8) is 0 Å². The van der Waals surface area contributed by atoms with E-state index in [1.165, 1.54) is 22.7 Å². The monoisotopic (exact) mass is 441 g/mol. The second-order valence-corrected chi connectivity index (χ2v) is 7.56. The average molecular weight is 441 g/mol. The Morgan fingerprint density at radius 3 is 2.67 bits per heavy atom. The number of hydrogen-bond donors (Lipinski definition) is 1. The lowest BCUT2D eigenvalue weighted by atomic mass is 10.1. The summed E-state index contributed by atoms with van der Waals surface area (Å²) in [6.07, 6.45) is 0.804. The summed E-state index contributed by atoms with van der Waals surface area (Å²) in [6.45, 7) is 1.88. The van der Waals surface area contributed by atoms with Crippen LogP contribution in [0.5, 0.6) is 0 Å². The van der Waals surface area contributed by atoms with Gasteiger partial charge in [0.2, 0.25) is 0 Å². The molecule has 0 fully saturated rings. The summed E-state index contributed by atoms with van der Waals surface area (Å²) < 4.78 is 11.9. The predicted molar refractivity (Wildman–Crippen MR) is 122 cm³/mol. The number of carbonyl (C=O) groups excluding carboxylic acids is 1. The third-order valence-corrected chi connectivity index (χ3v) is 5.40. The molecule has 0 aliphatic carbocycles. The molecule has 164 valence electrons. The van der Waals surface area contributed by atoms with Crippen LogP contribution < -0.4 is 11.2 Å². The van der Waals surface area contributed by atoms with Crippen molar-refractivity contribution in [3.8, 4) is 11.3 Å². The number of rotatable bonds is 5. The highest BCUT2D eigenvalue weighted by Gasteiger charge is 2.16. The number of aryl methyl sites for hydroxylation is 1. The summed E-state index contributed by atoms with van der Waals surface area (Å²) >= 11 is 0. The number of benzene rings is 2. The molecular weight excluding hydrogens is 422 g/mol. The van der Waals surface area contributed by atoms with Crippen LogP contribution in [0.2, 0.25) is 0 Å². The Morgan fingerprint density at radius 1 is 1.06 bits per heavy atom. The smallest absolute Gasteiger partial charge is 0.356 e. The van der Waals surface area contributed by atoms with Gasteiger partial charge in [0, 0.05) is 34.7 Å². The zero-order valence-electron chi connectivity index (χ0n) is 17.7. The maximum Gasteiger partial charge on any atom is 0.356 e. The van der Waals surface area contributed by atoms with Gasteiger partial charge in [0.1, 0.15) is 17.9 Å². The summed E-state index contributed by atoms with van der Waals surface area (Å²) in [5.41, 5.74) is 2.82. The minimum atomic E-state index is -0.673. The highest BCUT2D eigenvalue weighted by atomic mass is 16.5. The lowest BCUT2D eigenvalue weighted by molar-refractivity contribution is 0.0466. The summed E-state index contributed by atoms with van der Waals surface area (Å²) in [6, 6.07) is 19.1. The van der Waals surface area contributed by atoms with E-state index < -0.39 is 11.6 Å². The first-order chi connectivity index (χ1) is 16.0. The van der Waals surface area contributed by atoms with Crippen LogP contribution in [-0.2, 0) is 17.8 Å². The largest absolute Gasteiger partial charge is 0.456 e. The third-order valence-electron chi connectivity index (χ3n) is 5.40. The summed E-state index contributed by atoms with van der Waals surface area (Å²) in [4.78, 5) is 41.6. The number of hydrogen-bond acceptors (Lipinski definition) is 6. The number of ether oxygens (including phenoxy) is 1. The summed E-state index contributed by atoms with van der Waals surface area (Å²) in [7, 11) is 0. The van der Waals surface area contributed by atoms with Crippen LogP contribution in [0.15, 0.2) is 80.7 Å². The minimum Gasteiger partial charge on any atom is -0.456 e. The molecule has 1 N–H and O–H groups in total. The molecule has 3 aromatic heterocycles. The lowest BCUT2D eigenvalue weighted by Gasteiger charge is -2.07. The van der Waals surface area contributed by atoms with Gasteiger partial charge in [0.15, 0.2) is 5.65 Å². The number of nitrogens with one attached hydrogen (secondary N) is 1. The Bertz CT molecular complexity index is 1610. The molecule has 0 amide bonds. The molecule has 0 bridgehead atoms. The quantitative estimate of drug-likeness (QED) is 0.329. The van der Waals surface area contributed by atoms with Crippen LogP contribution in [0.1, 0.15) is 28.5 Å². The van der Waals surface area contributed by atoms with Gasteiger partial charge >= 0.3 is 11.6 Å². The predicted octanol–water partition coefficient (Wildman–Crippen LogP) is 3.72. The summed E-state index contributed by atoms with van der Waals surface area (Å²) in [5.74, 6) is -0.673. The van der Waals surface area contributed by atoms with Crippen LogP contribution in [0.3, 0.4) is 0 Å². The molecule has 0 atom stereocenters. The Balaban J connectivity index is 1.43. The Hall–Kier alpha value is -4.46. The first-order valence-corrected chi connectivity index (χ1v) is 10.4. The Morgan fingerprint density at radius 2 is 1.88 bits per heavy atom. The van der Waals surface area contributed by atoms with Crippen molar-refractivity contribution < 1.29 is 13.9 Å². The van der Waals surface area contributed by atoms with Gasteiger partial charge < -0.3 is 9.15 Å². The van der Waals surface area contributed by atoms with E-state index in [1.54, 1.807) is 0 Å². The first kappa shape index (κ1) is 20.4. The van der Waals surface area contributed by atoms with Crippen molar-refractivity contribution in [2.24, 2.45) is 0 Å². The fraction of sp³-hybridized carbons (Fsp3) is 0.120. The standard InChI is InChI=1S/C25H19N3O5/c1-2-15-8-9-18-17(11-24(30)33-21(18)10-15)14-32-25(31)20-12-22-26-19(13-23(29)28(22)27-20)16-6-4-3-5-7-16/h3-13,27H,2,14H2,1H3. The van der Waals surface area contributed by atoms with Gasteiger partial charge in [-0.2, -0.15) is 0 Å². The van der Waals surface area contributed by atoms with E-state index in [-0.39, 0.29) is 17.9 Å². The highest BCUT2D eigenvalue weighted by molar-refractivity contribution is 5.89. The third kappa shape index (κ3) is 3.94. The van der Waals surface area contributed by atoms with E-state index in [4.69, 9.17) is 9.15 Å². The van der Waals surface area contributed by atoms with Gasteiger partial charge in [-0.15, -0.1) is 0 Å². The minimum absolute atomic E-state index is 0.0744. The molecule has 5 rings (SSSR count). The van der Waals surface area contributed by atoms with Crippen LogP contribution in [0.4, 0.5) is 0 Å².